The number of anilines is 1. The highest BCUT2D eigenvalue weighted by Gasteiger charge is 2.23. The first-order valence-corrected chi connectivity index (χ1v) is 14.0. The van der Waals surface area contributed by atoms with Crippen LogP contribution in [0.15, 0.2) is 60.8 Å². The van der Waals surface area contributed by atoms with E-state index in [0.717, 1.165) is 60.6 Å². The minimum atomic E-state index is -0.602. The SMILES string of the molecule is O=C(Nn1ncc2cc(Cc3cc(F)cc(F)c3)ccc21)c1cccc(CN2CCOCC2)c1NC1CCCCO1. The topological polar surface area (TPSA) is 80.7 Å². The second kappa shape index (κ2) is 12.3. The molecule has 10 heteroatoms. The van der Waals surface area contributed by atoms with Gasteiger partial charge in [-0.2, -0.15) is 9.89 Å². The fraction of sp³-hybridized carbons (Fsp3) is 0.355. The Balaban J connectivity index is 1.24. The molecule has 6 rings (SSSR count). The Bertz CT molecular complexity index is 1510. The number of para-hydroxylation sites is 1. The van der Waals surface area contributed by atoms with Gasteiger partial charge in [-0.15, -0.1) is 0 Å². The molecule has 0 spiro atoms. The number of halogens is 2. The summed E-state index contributed by atoms with van der Waals surface area (Å²) in [4.78, 5) is 17.5. The number of benzene rings is 3. The zero-order valence-electron chi connectivity index (χ0n) is 22.7. The summed E-state index contributed by atoms with van der Waals surface area (Å²) in [6.45, 7) is 4.46. The second-order valence-corrected chi connectivity index (χ2v) is 10.6. The van der Waals surface area contributed by atoms with Crippen molar-refractivity contribution >= 4 is 22.5 Å². The molecule has 1 atom stereocenters. The summed E-state index contributed by atoms with van der Waals surface area (Å²) in [5.74, 6) is -1.50. The predicted octanol–water partition coefficient (Wildman–Crippen LogP) is 5.06. The minimum Gasteiger partial charge on any atom is -0.379 e. The zero-order valence-corrected chi connectivity index (χ0v) is 22.7. The Morgan fingerprint density at radius 3 is 2.59 bits per heavy atom. The molecule has 3 heterocycles. The van der Waals surface area contributed by atoms with Gasteiger partial charge in [-0.3, -0.25) is 9.69 Å². The quantitative estimate of drug-likeness (QED) is 0.313. The lowest BCUT2D eigenvalue weighted by Gasteiger charge is -2.30. The van der Waals surface area contributed by atoms with Gasteiger partial charge in [0.25, 0.3) is 5.91 Å². The third-order valence-electron chi connectivity index (χ3n) is 7.55. The lowest BCUT2D eigenvalue weighted by molar-refractivity contribution is 0.0320. The van der Waals surface area contributed by atoms with E-state index in [9.17, 15) is 13.6 Å². The highest BCUT2D eigenvalue weighted by Crippen LogP contribution is 2.27. The molecule has 2 N–H and O–H groups in total. The molecular formula is C31H33F2N5O3. The van der Waals surface area contributed by atoms with E-state index in [-0.39, 0.29) is 12.1 Å². The van der Waals surface area contributed by atoms with Gasteiger partial charge in [-0.05, 0) is 72.7 Å². The molecule has 2 aliphatic rings. The van der Waals surface area contributed by atoms with E-state index < -0.39 is 11.6 Å². The second-order valence-electron chi connectivity index (χ2n) is 10.6. The van der Waals surface area contributed by atoms with Crippen LogP contribution in [-0.4, -0.2) is 59.8 Å². The van der Waals surface area contributed by atoms with Crippen molar-refractivity contribution in [3.63, 3.8) is 0 Å². The highest BCUT2D eigenvalue weighted by molar-refractivity contribution is 6.05. The lowest BCUT2D eigenvalue weighted by atomic mass is 10.0. The van der Waals surface area contributed by atoms with Gasteiger partial charge in [0.1, 0.15) is 17.9 Å². The van der Waals surface area contributed by atoms with Gasteiger partial charge in [0.2, 0.25) is 0 Å². The number of carbonyl (C=O) groups is 1. The van der Waals surface area contributed by atoms with Crippen molar-refractivity contribution in [2.45, 2.75) is 38.5 Å². The number of fused-ring (bicyclic) bond motifs is 1. The number of hydrogen-bond donors (Lipinski definition) is 2. The first kappa shape index (κ1) is 27.3. The Morgan fingerprint density at radius 2 is 1.80 bits per heavy atom. The summed E-state index contributed by atoms with van der Waals surface area (Å²) in [6, 6.07) is 14.9. The van der Waals surface area contributed by atoms with Crippen LogP contribution in [0.1, 0.15) is 46.3 Å². The van der Waals surface area contributed by atoms with Crippen LogP contribution in [0.4, 0.5) is 14.5 Å². The molecule has 4 aromatic rings. The van der Waals surface area contributed by atoms with Crippen LogP contribution in [0.2, 0.25) is 0 Å². The van der Waals surface area contributed by atoms with E-state index in [0.29, 0.717) is 49.4 Å². The van der Waals surface area contributed by atoms with Gasteiger partial charge < -0.3 is 14.8 Å². The molecule has 0 bridgehead atoms. The fourth-order valence-electron chi connectivity index (χ4n) is 5.49. The Kier molecular flexibility index (Phi) is 8.22. The van der Waals surface area contributed by atoms with Crippen LogP contribution in [0.25, 0.3) is 10.9 Å². The first-order chi connectivity index (χ1) is 20.0. The van der Waals surface area contributed by atoms with Crippen LogP contribution in [0, 0.1) is 11.6 Å². The maximum atomic E-state index is 13.7. The van der Waals surface area contributed by atoms with Crippen molar-refractivity contribution in [2.24, 2.45) is 0 Å². The third kappa shape index (κ3) is 6.56. The summed E-state index contributed by atoms with van der Waals surface area (Å²) < 4.78 is 38.7. The fourth-order valence-corrected chi connectivity index (χ4v) is 5.49. The van der Waals surface area contributed by atoms with Gasteiger partial charge in [-0.25, -0.2) is 14.2 Å². The average molecular weight is 562 g/mol. The Morgan fingerprint density at radius 1 is 0.976 bits per heavy atom. The van der Waals surface area contributed by atoms with Crippen LogP contribution >= 0.6 is 0 Å². The average Bonchev–Trinajstić information content (AvgIpc) is 3.36. The molecule has 8 nitrogen and oxygen atoms in total. The largest absolute Gasteiger partial charge is 0.379 e. The number of carbonyl (C=O) groups excluding carboxylic acids is 1. The number of morpholine rings is 1. The maximum absolute atomic E-state index is 13.7. The third-order valence-corrected chi connectivity index (χ3v) is 7.55. The summed E-state index contributed by atoms with van der Waals surface area (Å²) >= 11 is 0. The van der Waals surface area contributed by atoms with Crippen LogP contribution < -0.4 is 10.7 Å². The lowest BCUT2D eigenvalue weighted by Crippen LogP contribution is -2.36. The summed E-state index contributed by atoms with van der Waals surface area (Å²) in [5.41, 5.74) is 7.36. The minimum absolute atomic E-state index is 0.156. The Hall–Kier alpha value is -3.86. The van der Waals surface area contributed by atoms with E-state index in [2.05, 4.69) is 20.7 Å². The van der Waals surface area contributed by atoms with E-state index in [1.807, 2.05) is 36.4 Å². The van der Waals surface area contributed by atoms with E-state index in [4.69, 9.17) is 9.47 Å². The van der Waals surface area contributed by atoms with Gasteiger partial charge in [0.15, 0.2) is 0 Å². The molecular weight excluding hydrogens is 528 g/mol. The van der Waals surface area contributed by atoms with Crippen molar-refractivity contribution in [3.8, 4) is 0 Å². The van der Waals surface area contributed by atoms with Crippen molar-refractivity contribution in [1.82, 2.24) is 14.8 Å². The molecule has 2 aliphatic heterocycles. The van der Waals surface area contributed by atoms with Crippen LogP contribution in [0.3, 0.4) is 0 Å². The monoisotopic (exact) mass is 561 g/mol. The number of nitrogens with one attached hydrogen (secondary N) is 2. The van der Waals surface area contributed by atoms with Gasteiger partial charge in [-0.1, -0.05) is 18.2 Å². The van der Waals surface area contributed by atoms with Crippen molar-refractivity contribution < 1.29 is 23.0 Å². The molecule has 0 saturated carbocycles. The van der Waals surface area contributed by atoms with Crippen molar-refractivity contribution in [2.75, 3.05) is 43.7 Å². The van der Waals surface area contributed by atoms with Gasteiger partial charge in [0.05, 0.1) is 36.2 Å². The van der Waals surface area contributed by atoms with E-state index in [1.165, 1.54) is 16.9 Å². The molecule has 2 fully saturated rings. The zero-order chi connectivity index (χ0) is 28.2. The normalized spacial score (nSPS) is 18.0. The standard InChI is InChI=1S/C31H33F2N5O3/c32-25-16-22(17-26(33)18-25)14-21-7-8-28-24(15-21)19-34-38(28)36-31(39)27-5-3-4-23(20-37-9-12-40-13-10-37)30(27)35-29-6-1-2-11-41-29/h3-5,7-8,15-19,29,35H,1-2,6,9-14,20H2,(H,36,39). The summed E-state index contributed by atoms with van der Waals surface area (Å²) in [7, 11) is 0. The Labute approximate surface area is 237 Å². The highest BCUT2D eigenvalue weighted by atomic mass is 19.1. The van der Waals surface area contributed by atoms with Gasteiger partial charge >= 0.3 is 0 Å². The predicted molar refractivity (Wildman–Crippen MR) is 152 cm³/mol. The van der Waals surface area contributed by atoms with E-state index >= 15 is 0 Å². The van der Waals surface area contributed by atoms with Crippen LogP contribution in [-0.2, 0) is 22.4 Å². The number of rotatable bonds is 8. The number of ether oxygens (including phenoxy) is 2. The van der Waals surface area contributed by atoms with Gasteiger partial charge in [0, 0.05) is 37.7 Å². The maximum Gasteiger partial charge on any atom is 0.273 e. The molecule has 0 aliphatic carbocycles. The van der Waals surface area contributed by atoms with E-state index in [1.54, 1.807) is 6.20 Å². The molecule has 2 saturated heterocycles. The van der Waals surface area contributed by atoms with Crippen molar-refractivity contribution in [3.05, 3.63) is 94.7 Å². The van der Waals surface area contributed by atoms with Crippen LogP contribution in [0.5, 0.6) is 0 Å². The number of aromatic nitrogens is 2. The summed E-state index contributed by atoms with van der Waals surface area (Å²) in [5, 5.41) is 8.72. The number of nitrogens with zero attached hydrogens (tertiary/aromatic N) is 3. The molecule has 41 heavy (non-hydrogen) atoms. The number of hydrogen-bond acceptors (Lipinski definition) is 6. The molecule has 1 unspecified atom stereocenters. The molecule has 1 amide bonds. The molecule has 0 radical (unpaired) electrons. The first-order valence-electron chi connectivity index (χ1n) is 14.0. The molecule has 214 valence electrons. The summed E-state index contributed by atoms with van der Waals surface area (Å²) in [6.07, 6.45) is 4.86. The van der Waals surface area contributed by atoms with Crippen molar-refractivity contribution in [1.29, 1.82) is 0 Å². The smallest absolute Gasteiger partial charge is 0.273 e. The molecule has 1 aromatic heterocycles. The molecule has 3 aromatic carbocycles. The number of amides is 1.